The van der Waals surface area contributed by atoms with E-state index in [9.17, 15) is 9.90 Å². The molecule has 0 heterocycles. The molecule has 0 aliphatic heterocycles. The van der Waals surface area contributed by atoms with Crippen LogP contribution < -0.4 is 10.1 Å². The SMILES string of the molecule is CC(C)=CCCOc1ccc(C(O)CNC(=O)C=Cc2ccccc2)cc1. The van der Waals surface area contributed by atoms with Crippen LogP contribution in [0.3, 0.4) is 0 Å². The highest BCUT2D eigenvalue weighted by molar-refractivity contribution is 5.91. The van der Waals surface area contributed by atoms with E-state index in [1.54, 1.807) is 6.08 Å². The van der Waals surface area contributed by atoms with Crippen LogP contribution >= 0.6 is 0 Å². The quantitative estimate of drug-likeness (QED) is 0.396. The molecule has 1 atom stereocenters. The zero-order valence-corrected chi connectivity index (χ0v) is 15.9. The lowest BCUT2D eigenvalue weighted by Gasteiger charge is -2.12. The lowest BCUT2D eigenvalue weighted by atomic mass is 10.1. The first kappa shape index (κ1) is 20.5. The molecular formula is C23H27NO3. The van der Waals surface area contributed by atoms with Gasteiger partial charge in [-0.25, -0.2) is 0 Å². The standard InChI is InChI=1S/C23H27NO3/c1-18(2)7-6-16-27-21-13-11-20(12-14-21)22(25)17-24-23(26)15-10-19-8-4-3-5-9-19/h3-5,7-15,22,25H,6,16-17H2,1-2H3,(H,24,26). The molecule has 0 aliphatic rings. The van der Waals surface area contributed by atoms with Gasteiger partial charge < -0.3 is 15.2 Å². The molecule has 4 nitrogen and oxygen atoms in total. The summed E-state index contributed by atoms with van der Waals surface area (Å²) in [6, 6.07) is 16.9. The van der Waals surface area contributed by atoms with Gasteiger partial charge in [0.2, 0.25) is 5.91 Å². The minimum Gasteiger partial charge on any atom is -0.493 e. The second kappa shape index (κ2) is 11.0. The number of carbonyl (C=O) groups is 1. The topological polar surface area (TPSA) is 58.6 Å². The number of hydrogen-bond donors (Lipinski definition) is 2. The van der Waals surface area contributed by atoms with E-state index in [2.05, 4.69) is 25.2 Å². The van der Waals surface area contributed by atoms with Crippen LogP contribution in [0.25, 0.3) is 6.08 Å². The molecule has 0 saturated heterocycles. The van der Waals surface area contributed by atoms with E-state index in [-0.39, 0.29) is 12.5 Å². The highest BCUT2D eigenvalue weighted by Gasteiger charge is 2.08. The molecule has 0 aliphatic carbocycles. The van der Waals surface area contributed by atoms with E-state index < -0.39 is 6.10 Å². The summed E-state index contributed by atoms with van der Waals surface area (Å²) in [6.45, 7) is 4.90. The predicted octanol–water partition coefficient (Wildman–Crippen LogP) is 4.28. The summed E-state index contributed by atoms with van der Waals surface area (Å²) < 4.78 is 5.66. The minimum atomic E-state index is -0.765. The van der Waals surface area contributed by atoms with Gasteiger partial charge in [0, 0.05) is 12.6 Å². The Kier molecular flexibility index (Phi) is 8.33. The van der Waals surface area contributed by atoms with Crippen LogP contribution in [0.5, 0.6) is 5.75 Å². The van der Waals surface area contributed by atoms with E-state index in [0.29, 0.717) is 6.61 Å². The number of benzene rings is 2. The largest absolute Gasteiger partial charge is 0.493 e. The van der Waals surface area contributed by atoms with Gasteiger partial charge in [-0.2, -0.15) is 0 Å². The Balaban J connectivity index is 1.76. The number of amides is 1. The summed E-state index contributed by atoms with van der Waals surface area (Å²) in [5, 5.41) is 12.9. The zero-order chi connectivity index (χ0) is 19.5. The van der Waals surface area contributed by atoms with E-state index in [1.165, 1.54) is 11.6 Å². The molecule has 0 spiro atoms. The fourth-order valence-corrected chi connectivity index (χ4v) is 2.42. The second-order valence-electron chi connectivity index (χ2n) is 6.49. The highest BCUT2D eigenvalue weighted by atomic mass is 16.5. The maximum absolute atomic E-state index is 11.9. The Hall–Kier alpha value is -2.85. The summed E-state index contributed by atoms with van der Waals surface area (Å²) in [6.07, 6.45) is 5.44. The van der Waals surface area contributed by atoms with E-state index in [0.717, 1.165) is 23.3 Å². The normalized spacial score (nSPS) is 11.8. The molecule has 27 heavy (non-hydrogen) atoms. The molecule has 0 radical (unpaired) electrons. The fraction of sp³-hybridized carbons (Fsp3) is 0.261. The van der Waals surface area contributed by atoms with Crippen molar-refractivity contribution in [3.05, 3.63) is 83.4 Å². The second-order valence-corrected chi connectivity index (χ2v) is 6.49. The molecule has 2 N–H and O–H groups in total. The van der Waals surface area contributed by atoms with Crippen LogP contribution in [0, 0.1) is 0 Å². The van der Waals surface area contributed by atoms with Gasteiger partial charge in [0.1, 0.15) is 5.75 Å². The first-order valence-electron chi connectivity index (χ1n) is 9.10. The van der Waals surface area contributed by atoms with Gasteiger partial charge in [0.05, 0.1) is 12.7 Å². The molecule has 2 aromatic carbocycles. The van der Waals surface area contributed by atoms with Crippen LogP contribution in [0.4, 0.5) is 0 Å². The number of nitrogens with one attached hydrogen (secondary N) is 1. The Morgan fingerprint density at radius 1 is 1.11 bits per heavy atom. The minimum absolute atomic E-state index is 0.152. The van der Waals surface area contributed by atoms with Gasteiger partial charge in [0.25, 0.3) is 0 Å². The fourth-order valence-electron chi connectivity index (χ4n) is 2.42. The molecule has 2 aromatic rings. The third-order valence-electron chi connectivity index (χ3n) is 3.90. The van der Waals surface area contributed by atoms with Crippen LogP contribution in [0.15, 0.2) is 72.3 Å². The molecule has 0 bridgehead atoms. The maximum atomic E-state index is 11.9. The lowest BCUT2D eigenvalue weighted by molar-refractivity contribution is -0.116. The number of aliphatic hydroxyl groups excluding tert-OH is 1. The summed E-state index contributed by atoms with van der Waals surface area (Å²) in [5.74, 6) is 0.528. The number of hydrogen-bond acceptors (Lipinski definition) is 3. The van der Waals surface area contributed by atoms with Gasteiger partial charge in [-0.15, -0.1) is 0 Å². The first-order valence-corrected chi connectivity index (χ1v) is 9.10. The molecule has 2 rings (SSSR count). The molecule has 0 aromatic heterocycles. The molecule has 142 valence electrons. The Morgan fingerprint density at radius 3 is 2.48 bits per heavy atom. The smallest absolute Gasteiger partial charge is 0.244 e. The first-order chi connectivity index (χ1) is 13.0. The zero-order valence-electron chi connectivity index (χ0n) is 15.9. The number of allylic oxidation sites excluding steroid dienone is 1. The van der Waals surface area contributed by atoms with Gasteiger partial charge in [0.15, 0.2) is 0 Å². The summed E-state index contributed by atoms with van der Waals surface area (Å²) in [7, 11) is 0. The van der Waals surface area contributed by atoms with Crippen LogP contribution in [-0.4, -0.2) is 24.2 Å². The van der Waals surface area contributed by atoms with Crippen LogP contribution in [0.1, 0.15) is 37.5 Å². The van der Waals surface area contributed by atoms with Crippen molar-refractivity contribution >= 4 is 12.0 Å². The third kappa shape index (κ3) is 7.92. The lowest BCUT2D eigenvalue weighted by Crippen LogP contribution is -2.26. The van der Waals surface area contributed by atoms with Gasteiger partial charge in [-0.1, -0.05) is 54.1 Å². The molecule has 0 saturated carbocycles. The van der Waals surface area contributed by atoms with Crippen molar-refractivity contribution in [3.63, 3.8) is 0 Å². The van der Waals surface area contributed by atoms with Crippen LogP contribution in [-0.2, 0) is 4.79 Å². The number of ether oxygens (including phenoxy) is 1. The Morgan fingerprint density at radius 2 is 1.81 bits per heavy atom. The van der Waals surface area contributed by atoms with E-state index >= 15 is 0 Å². The van der Waals surface area contributed by atoms with Crippen molar-refractivity contribution in [2.75, 3.05) is 13.2 Å². The summed E-state index contributed by atoms with van der Waals surface area (Å²) >= 11 is 0. The van der Waals surface area contributed by atoms with Crippen molar-refractivity contribution in [1.29, 1.82) is 0 Å². The van der Waals surface area contributed by atoms with E-state index in [4.69, 9.17) is 4.74 Å². The van der Waals surface area contributed by atoms with Crippen molar-refractivity contribution in [2.24, 2.45) is 0 Å². The third-order valence-corrected chi connectivity index (χ3v) is 3.90. The average molecular weight is 365 g/mol. The van der Waals surface area contributed by atoms with Crippen molar-refractivity contribution in [2.45, 2.75) is 26.4 Å². The van der Waals surface area contributed by atoms with Crippen molar-refractivity contribution < 1.29 is 14.6 Å². The predicted molar refractivity (Wildman–Crippen MR) is 109 cm³/mol. The van der Waals surface area contributed by atoms with Crippen molar-refractivity contribution in [3.8, 4) is 5.75 Å². The van der Waals surface area contributed by atoms with Gasteiger partial charge in [-0.3, -0.25) is 4.79 Å². The van der Waals surface area contributed by atoms with Gasteiger partial charge >= 0.3 is 0 Å². The monoisotopic (exact) mass is 365 g/mol. The molecule has 4 heteroatoms. The molecule has 1 amide bonds. The number of rotatable bonds is 9. The number of aliphatic hydroxyl groups is 1. The maximum Gasteiger partial charge on any atom is 0.244 e. The average Bonchev–Trinajstić information content (AvgIpc) is 2.69. The highest BCUT2D eigenvalue weighted by Crippen LogP contribution is 2.17. The molecule has 1 unspecified atom stereocenters. The van der Waals surface area contributed by atoms with Crippen molar-refractivity contribution in [1.82, 2.24) is 5.32 Å². The Bertz CT molecular complexity index is 760. The summed E-state index contributed by atoms with van der Waals surface area (Å²) in [4.78, 5) is 11.9. The Labute approximate surface area is 161 Å². The summed E-state index contributed by atoms with van der Waals surface area (Å²) in [5.41, 5.74) is 2.96. The number of carbonyl (C=O) groups excluding carboxylic acids is 1. The molecular weight excluding hydrogens is 338 g/mol. The van der Waals surface area contributed by atoms with Gasteiger partial charge in [-0.05, 0) is 49.6 Å². The molecule has 0 fully saturated rings. The van der Waals surface area contributed by atoms with E-state index in [1.807, 2.05) is 54.6 Å². The van der Waals surface area contributed by atoms with Crippen LogP contribution in [0.2, 0.25) is 0 Å².